The van der Waals surface area contributed by atoms with Crippen molar-refractivity contribution in [3.8, 4) is 16.9 Å². The highest BCUT2D eigenvalue weighted by Crippen LogP contribution is 2.57. The summed E-state index contributed by atoms with van der Waals surface area (Å²) < 4.78 is 6.45. The minimum Gasteiger partial charge on any atom is -0.488 e. The van der Waals surface area contributed by atoms with Crippen molar-refractivity contribution in [2.75, 3.05) is 50.8 Å². The van der Waals surface area contributed by atoms with Gasteiger partial charge in [-0.15, -0.1) is 0 Å². The molecule has 0 saturated carbocycles. The number of ether oxygens (including phenoxy) is 1. The van der Waals surface area contributed by atoms with E-state index in [2.05, 4.69) is 103 Å². The summed E-state index contributed by atoms with van der Waals surface area (Å²) in [6.07, 6.45) is 2.26. The van der Waals surface area contributed by atoms with Crippen molar-refractivity contribution in [2.24, 2.45) is 0 Å². The Labute approximate surface area is 224 Å². The van der Waals surface area contributed by atoms with E-state index in [-0.39, 0.29) is 12.0 Å². The summed E-state index contributed by atoms with van der Waals surface area (Å²) in [6.45, 7) is 10.3. The molecule has 4 nitrogen and oxygen atoms in total. The fraction of sp³-hybridized carbons (Fsp3) is 0.294. The van der Waals surface area contributed by atoms with Crippen molar-refractivity contribution < 1.29 is 9.84 Å². The molecule has 3 aliphatic rings. The van der Waals surface area contributed by atoms with E-state index in [9.17, 15) is 5.11 Å². The number of aliphatic hydroxyl groups excluding tert-OH is 1. The van der Waals surface area contributed by atoms with Gasteiger partial charge in [-0.2, -0.15) is 0 Å². The topological polar surface area (TPSA) is 35.9 Å². The molecule has 0 radical (unpaired) electrons. The van der Waals surface area contributed by atoms with Gasteiger partial charge in [-0.05, 0) is 57.0 Å². The number of benzene rings is 4. The number of hydrogen-bond donors (Lipinski definition) is 1. The number of piperazine rings is 1. The van der Waals surface area contributed by atoms with E-state index in [4.69, 9.17) is 4.74 Å². The van der Waals surface area contributed by atoms with Crippen molar-refractivity contribution >= 4 is 22.0 Å². The molecule has 1 aliphatic carbocycles. The van der Waals surface area contributed by atoms with E-state index < -0.39 is 0 Å². The zero-order chi connectivity index (χ0) is 25.9. The fourth-order valence-corrected chi connectivity index (χ4v) is 6.89. The third-order valence-electron chi connectivity index (χ3n) is 8.78. The van der Waals surface area contributed by atoms with E-state index in [0.717, 1.165) is 38.5 Å². The smallest absolute Gasteiger partial charge is 0.135 e. The number of hydrogen-bond acceptors (Lipinski definition) is 4. The van der Waals surface area contributed by atoms with Gasteiger partial charge >= 0.3 is 0 Å². The second-order valence-corrected chi connectivity index (χ2v) is 11.2. The predicted octanol–water partition coefficient (Wildman–Crippen LogP) is 6.08. The Balaban J connectivity index is 1.34. The maximum atomic E-state index is 9.26. The highest BCUT2D eigenvalue weighted by atomic mass is 16.5. The first-order valence-electron chi connectivity index (χ1n) is 13.8. The van der Waals surface area contributed by atoms with Gasteiger partial charge in [0, 0.05) is 54.8 Å². The summed E-state index contributed by atoms with van der Waals surface area (Å²) in [6, 6.07) is 26.7. The Morgan fingerprint density at radius 3 is 2.29 bits per heavy atom. The van der Waals surface area contributed by atoms with E-state index in [0.29, 0.717) is 6.61 Å². The van der Waals surface area contributed by atoms with Crippen molar-refractivity contribution in [1.29, 1.82) is 0 Å². The molecule has 0 bridgehead atoms. The average Bonchev–Trinajstić information content (AvgIpc) is 3.21. The number of anilines is 1. The number of β-amino-alcohol motifs (C(OH)–C–C–N with tert-alkyl or cyclic N) is 1. The normalized spacial score (nSPS) is 18.0. The quantitative estimate of drug-likeness (QED) is 0.367. The molecule has 0 unspecified atom stereocenters. The predicted molar refractivity (Wildman–Crippen MR) is 156 cm³/mol. The van der Waals surface area contributed by atoms with Crippen LogP contribution in [0.2, 0.25) is 0 Å². The molecule has 1 N–H and O–H groups in total. The Morgan fingerprint density at radius 2 is 1.53 bits per heavy atom. The summed E-state index contributed by atoms with van der Waals surface area (Å²) in [5.74, 6) is 1.02. The number of fused-ring (bicyclic) bond motifs is 8. The highest BCUT2D eigenvalue weighted by molar-refractivity contribution is 6.10. The summed E-state index contributed by atoms with van der Waals surface area (Å²) in [4.78, 5) is 4.79. The first-order chi connectivity index (χ1) is 18.6. The zero-order valence-corrected chi connectivity index (χ0v) is 22.2. The molecule has 0 spiro atoms. The van der Waals surface area contributed by atoms with Gasteiger partial charge in [0.05, 0.1) is 6.61 Å². The molecule has 0 atom stereocenters. The molecule has 192 valence electrons. The summed E-state index contributed by atoms with van der Waals surface area (Å²) in [5.41, 5.74) is 10.3. The number of rotatable bonds is 4. The monoisotopic (exact) mass is 502 g/mol. The minimum absolute atomic E-state index is 0.131. The molecular formula is C34H34N2O2. The van der Waals surface area contributed by atoms with E-state index in [1.54, 1.807) is 0 Å². The van der Waals surface area contributed by atoms with Gasteiger partial charge in [0.25, 0.3) is 0 Å². The first kappa shape index (κ1) is 23.5. The molecular weight excluding hydrogens is 468 g/mol. The Hall–Kier alpha value is -3.60. The largest absolute Gasteiger partial charge is 0.488 e. The van der Waals surface area contributed by atoms with Crippen LogP contribution >= 0.6 is 0 Å². The van der Waals surface area contributed by atoms with Crippen molar-refractivity contribution in [3.05, 3.63) is 101 Å². The maximum Gasteiger partial charge on any atom is 0.135 e. The molecule has 0 aromatic heterocycles. The minimum atomic E-state index is -0.131. The molecule has 0 amide bonds. The Bertz CT molecular complexity index is 1560. The van der Waals surface area contributed by atoms with Crippen LogP contribution in [0, 0.1) is 0 Å². The molecule has 1 fully saturated rings. The molecule has 38 heavy (non-hydrogen) atoms. The van der Waals surface area contributed by atoms with Gasteiger partial charge in [0.1, 0.15) is 12.4 Å². The lowest BCUT2D eigenvalue weighted by molar-refractivity contribution is 0.189. The van der Waals surface area contributed by atoms with Crippen LogP contribution in [0.1, 0.15) is 36.1 Å². The van der Waals surface area contributed by atoms with Crippen molar-refractivity contribution in [3.63, 3.8) is 0 Å². The summed E-state index contributed by atoms with van der Waals surface area (Å²) in [5, 5.41) is 11.7. The second-order valence-electron chi connectivity index (χ2n) is 11.2. The summed E-state index contributed by atoms with van der Waals surface area (Å²) >= 11 is 0. The molecule has 7 rings (SSSR count). The molecule has 4 heteroatoms. The molecule has 2 aliphatic heterocycles. The first-order valence-corrected chi connectivity index (χ1v) is 13.8. The number of aliphatic hydroxyl groups is 1. The van der Waals surface area contributed by atoms with Crippen LogP contribution in [-0.2, 0) is 5.41 Å². The highest BCUT2D eigenvalue weighted by Gasteiger charge is 2.41. The number of nitrogens with zero attached hydrogens (tertiary/aromatic N) is 2. The van der Waals surface area contributed by atoms with E-state index >= 15 is 0 Å². The average molecular weight is 503 g/mol. The lowest BCUT2D eigenvalue weighted by Gasteiger charge is -2.36. The van der Waals surface area contributed by atoms with Crippen LogP contribution in [0.15, 0.2) is 78.9 Å². The lowest BCUT2D eigenvalue weighted by Crippen LogP contribution is -2.47. The molecule has 2 heterocycles. The van der Waals surface area contributed by atoms with Crippen LogP contribution in [0.4, 0.5) is 5.69 Å². The van der Waals surface area contributed by atoms with Crippen LogP contribution in [0.25, 0.3) is 27.5 Å². The molecule has 4 aromatic carbocycles. The van der Waals surface area contributed by atoms with Crippen molar-refractivity contribution in [2.45, 2.75) is 19.3 Å². The van der Waals surface area contributed by atoms with E-state index in [1.807, 2.05) is 0 Å². The molecule has 1 saturated heterocycles. The van der Waals surface area contributed by atoms with Crippen molar-refractivity contribution in [1.82, 2.24) is 4.90 Å². The Morgan fingerprint density at radius 1 is 0.816 bits per heavy atom. The summed E-state index contributed by atoms with van der Waals surface area (Å²) in [7, 11) is 0. The van der Waals surface area contributed by atoms with E-state index in [1.165, 1.54) is 55.4 Å². The zero-order valence-electron chi connectivity index (χ0n) is 22.2. The maximum absolute atomic E-state index is 9.26. The third kappa shape index (κ3) is 3.51. The Kier molecular flexibility index (Phi) is 5.57. The van der Waals surface area contributed by atoms with Crippen LogP contribution < -0.4 is 9.64 Å². The molecule has 4 aromatic rings. The van der Waals surface area contributed by atoms with Crippen LogP contribution in [0.5, 0.6) is 5.75 Å². The second kappa shape index (κ2) is 9.00. The fourth-order valence-electron chi connectivity index (χ4n) is 6.89. The third-order valence-corrected chi connectivity index (χ3v) is 8.78. The van der Waals surface area contributed by atoms with Gasteiger partial charge in [0.15, 0.2) is 0 Å². The van der Waals surface area contributed by atoms with Gasteiger partial charge in [0.2, 0.25) is 0 Å². The van der Waals surface area contributed by atoms with Gasteiger partial charge < -0.3 is 14.7 Å². The van der Waals surface area contributed by atoms with Crippen LogP contribution in [0.3, 0.4) is 0 Å². The van der Waals surface area contributed by atoms with Gasteiger partial charge in [-0.3, -0.25) is 4.90 Å². The van der Waals surface area contributed by atoms with Gasteiger partial charge in [-0.1, -0.05) is 74.5 Å². The van der Waals surface area contributed by atoms with Gasteiger partial charge in [-0.25, -0.2) is 0 Å². The van der Waals surface area contributed by atoms with Crippen LogP contribution in [-0.4, -0.2) is 55.9 Å². The standard InChI is InChI=1S/C34H34N2O2/c1-34(2)29-10-6-5-9-28(29)30-26-7-3-4-8-27(26)33-31(32(30)34)25(15-22-38-33)23-11-13-24(14-12-23)36-18-16-35(17-19-36)20-21-37/h3-15,37H,16-22H2,1-2H3. The lowest BCUT2D eigenvalue weighted by atomic mass is 9.76. The SMILES string of the molecule is CC1(C)c2ccccc2-c2c1c1c(c3ccccc23)OCC=C1c1ccc(N2CCN(CCO)CC2)cc1.